The predicted octanol–water partition coefficient (Wildman–Crippen LogP) is 2.32. The average Bonchev–Trinajstić information content (AvgIpc) is 2.50. The molecule has 0 heterocycles. The molecule has 0 aliphatic carbocycles. The van der Waals surface area contributed by atoms with Crippen molar-refractivity contribution in [3.63, 3.8) is 0 Å². The summed E-state index contributed by atoms with van der Waals surface area (Å²) in [6, 6.07) is 12.2. The molecule has 0 unspecified atom stereocenters. The van der Waals surface area contributed by atoms with Gasteiger partial charge in [0.15, 0.2) is 0 Å². The van der Waals surface area contributed by atoms with Crippen molar-refractivity contribution >= 4 is 21.7 Å². The van der Waals surface area contributed by atoms with Crippen LogP contribution >= 0.6 is 0 Å². The number of urea groups is 1. The molecule has 0 aromatic heterocycles. The summed E-state index contributed by atoms with van der Waals surface area (Å²) in [4.78, 5) is 12.0. The summed E-state index contributed by atoms with van der Waals surface area (Å²) in [5, 5.41) is 10.6. The van der Waals surface area contributed by atoms with E-state index in [0.717, 1.165) is 6.42 Å². The number of rotatable bonds is 5. The number of anilines is 1. The van der Waals surface area contributed by atoms with Gasteiger partial charge in [0.05, 0.1) is 4.90 Å². The molecule has 0 spiro atoms. The molecule has 128 valence electrons. The lowest BCUT2D eigenvalue weighted by Crippen LogP contribution is -2.31. The van der Waals surface area contributed by atoms with Crippen molar-refractivity contribution in [2.45, 2.75) is 25.2 Å². The first-order valence-corrected chi connectivity index (χ1v) is 9.05. The molecule has 2 rings (SSSR count). The molecular formula is C17H21N3O3S. The number of hydrogen-bond acceptors (Lipinski definition) is 3. The van der Waals surface area contributed by atoms with Crippen LogP contribution in [-0.2, 0) is 16.4 Å². The van der Waals surface area contributed by atoms with E-state index in [1.54, 1.807) is 13.0 Å². The van der Waals surface area contributed by atoms with E-state index in [1.807, 2.05) is 31.2 Å². The molecule has 2 amide bonds. The van der Waals surface area contributed by atoms with E-state index in [4.69, 9.17) is 5.14 Å². The highest BCUT2D eigenvalue weighted by molar-refractivity contribution is 7.89. The molecule has 6 nitrogen and oxygen atoms in total. The largest absolute Gasteiger partial charge is 0.338 e. The molecule has 0 radical (unpaired) electrons. The van der Waals surface area contributed by atoms with Gasteiger partial charge in [0.2, 0.25) is 10.0 Å². The predicted molar refractivity (Wildman–Crippen MR) is 94.5 cm³/mol. The maximum atomic E-state index is 12.0. The molecule has 24 heavy (non-hydrogen) atoms. The Bertz CT molecular complexity index is 848. The number of sulfonamides is 1. The second-order valence-corrected chi connectivity index (χ2v) is 7.06. The number of nitrogens with one attached hydrogen (secondary N) is 2. The highest BCUT2D eigenvalue weighted by Gasteiger charge is 2.14. The summed E-state index contributed by atoms with van der Waals surface area (Å²) in [6.45, 7) is 4.10. The number of amides is 2. The molecule has 2 aromatic rings. The molecule has 0 aliphatic rings. The maximum absolute atomic E-state index is 12.0. The minimum absolute atomic E-state index is 0.000195. The van der Waals surface area contributed by atoms with E-state index in [1.165, 1.54) is 23.3 Å². The van der Waals surface area contributed by atoms with Crippen LogP contribution < -0.4 is 15.8 Å². The summed E-state index contributed by atoms with van der Waals surface area (Å²) < 4.78 is 23.0. The second kappa shape index (κ2) is 7.46. The number of aryl methyl sites for hydroxylation is 1. The van der Waals surface area contributed by atoms with Crippen molar-refractivity contribution in [3.05, 3.63) is 59.2 Å². The standard InChI is InChI=1S/C17H21N3O3S/c1-12-6-3-4-7-14(12)10-11-19-17(21)20-15-8-5-9-16(13(15)2)24(18,22)23/h3-9H,10-11H2,1-2H3,(H2,18,22,23)(H2,19,20,21). The summed E-state index contributed by atoms with van der Waals surface area (Å²) in [5.74, 6) is 0. The van der Waals surface area contributed by atoms with Gasteiger partial charge in [-0.2, -0.15) is 0 Å². The van der Waals surface area contributed by atoms with Gasteiger partial charge in [0.1, 0.15) is 0 Å². The van der Waals surface area contributed by atoms with Crippen LogP contribution in [0.2, 0.25) is 0 Å². The third-order valence-electron chi connectivity index (χ3n) is 3.78. The van der Waals surface area contributed by atoms with Crippen molar-refractivity contribution in [2.75, 3.05) is 11.9 Å². The molecular weight excluding hydrogens is 326 g/mol. The number of primary sulfonamides is 1. The molecule has 7 heteroatoms. The number of carbonyl (C=O) groups excluding carboxylic acids is 1. The number of hydrogen-bond donors (Lipinski definition) is 3. The van der Waals surface area contributed by atoms with E-state index in [9.17, 15) is 13.2 Å². The first-order chi connectivity index (χ1) is 11.3. The molecule has 0 bridgehead atoms. The number of nitrogens with two attached hydrogens (primary N) is 1. The van der Waals surface area contributed by atoms with Crippen molar-refractivity contribution in [1.29, 1.82) is 0 Å². The van der Waals surface area contributed by atoms with Gasteiger partial charge in [0, 0.05) is 12.2 Å². The van der Waals surface area contributed by atoms with E-state index in [0.29, 0.717) is 17.8 Å². The fraction of sp³-hybridized carbons (Fsp3) is 0.235. The SMILES string of the molecule is Cc1ccccc1CCNC(=O)Nc1cccc(S(N)(=O)=O)c1C. The Hall–Kier alpha value is -2.38. The Morgan fingerprint density at radius 1 is 1.08 bits per heavy atom. The van der Waals surface area contributed by atoms with Crippen LogP contribution in [0.4, 0.5) is 10.5 Å². The molecule has 2 aromatic carbocycles. The zero-order chi connectivity index (χ0) is 17.7. The zero-order valence-electron chi connectivity index (χ0n) is 13.7. The number of carbonyl (C=O) groups is 1. The molecule has 0 fully saturated rings. The zero-order valence-corrected chi connectivity index (χ0v) is 14.5. The topological polar surface area (TPSA) is 101 Å². The maximum Gasteiger partial charge on any atom is 0.319 e. The van der Waals surface area contributed by atoms with E-state index in [-0.39, 0.29) is 4.90 Å². The van der Waals surface area contributed by atoms with Crippen molar-refractivity contribution in [2.24, 2.45) is 5.14 Å². The van der Waals surface area contributed by atoms with Crippen LogP contribution in [-0.4, -0.2) is 21.0 Å². The Morgan fingerprint density at radius 3 is 2.46 bits per heavy atom. The number of benzene rings is 2. The monoisotopic (exact) mass is 347 g/mol. The highest BCUT2D eigenvalue weighted by atomic mass is 32.2. The Morgan fingerprint density at radius 2 is 1.79 bits per heavy atom. The first kappa shape index (κ1) is 18.0. The molecule has 0 atom stereocenters. The summed E-state index contributed by atoms with van der Waals surface area (Å²) >= 11 is 0. The van der Waals surface area contributed by atoms with Gasteiger partial charge >= 0.3 is 6.03 Å². The lowest BCUT2D eigenvalue weighted by molar-refractivity contribution is 0.252. The van der Waals surface area contributed by atoms with Gasteiger partial charge in [0.25, 0.3) is 0 Å². The van der Waals surface area contributed by atoms with Gasteiger partial charge in [-0.15, -0.1) is 0 Å². The lowest BCUT2D eigenvalue weighted by Gasteiger charge is -2.12. The third kappa shape index (κ3) is 4.56. The van der Waals surface area contributed by atoms with E-state index in [2.05, 4.69) is 10.6 Å². The molecule has 0 saturated heterocycles. The van der Waals surface area contributed by atoms with Gasteiger partial charge in [-0.1, -0.05) is 30.3 Å². The van der Waals surface area contributed by atoms with Crippen LogP contribution in [0.5, 0.6) is 0 Å². The van der Waals surface area contributed by atoms with E-state index >= 15 is 0 Å². The van der Waals surface area contributed by atoms with Gasteiger partial charge in [-0.3, -0.25) is 0 Å². The highest BCUT2D eigenvalue weighted by Crippen LogP contribution is 2.21. The fourth-order valence-corrected chi connectivity index (χ4v) is 3.23. The lowest BCUT2D eigenvalue weighted by atomic mass is 10.1. The van der Waals surface area contributed by atoms with Crippen LogP contribution in [0.1, 0.15) is 16.7 Å². The quantitative estimate of drug-likeness (QED) is 0.773. The minimum atomic E-state index is -3.82. The normalized spacial score (nSPS) is 11.1. The van der Waals surface area contributed by atoms with Gasteiger partial charge < -0.3 is 10.6 Å². The fourth-order valence-electron chi connectivity index (χ4n) is 2.43. The van der Waals surface area contributed by atoms with Crippen LogP contribution in [0, 0.1) is 13.8 Å². The Labute approximate surface area is 142 Å². The van der Waals surface area contributed by atoms with Crippen LogP contribution in [0.15, 0.2) is 47.4 Å². The molecule has 4 N–H and O–H groups in total. The molecule has 0 aliphatic heterocycles. The van der Waals surface area contributed by atoms with Crippen molar-refractivity contribution < 1.29 is 13.2 Å². The van der Waals surface area contributed by atoms with Crippen molar-refractivity contribution in [1.82, 2.24) is 5.32 Å². The minimum Gasteiger partial charge on any atom is -0.338 e. The summed E-state index contributed by atoms with van der Waals surface area (Å²) in [5.41, 5.74) is 3.17. The summed E-state index contributed by atoms with van der Waals surface area (Å²) in [7, 11) is -3.82. The first-order valence-electron chi connectivity index (χ1n) is 7.51. The third-order valence-corrected chi connectivity index (χ3v) is 4.84. The van der Waals surface area contributed by atoms with Gasteiger partial charge in [-0.25, -0.2) is 18.4 Å². The van der Waals surface area contributed by atoms with Crippen LogP contribution in [0.25, 0.3) is 0 Å². The van der Waals surface area contributed by atoms with Crippen LogP contribution in [0.3, 0.4) is 0 Å². The average molecular weight is 347 g/mol. The second-order valence-electron chi connectivity index (χ2n) is 5.53. The Balaban J connectivity index is 1.97. The van der Waals surface area contributed by atoms with E-state index < -0.39 is 16.1 Å². The molecule has 0 saturated carbocycles. The summed E-state index contributed by atoms with van der Waals surface area (Å²) in [6.07, 6.45) is 0.719. The smallest absolute Gasteiger partial charge is 0.319 e. The Kier molecular flexibility index (Phi) is 5.58. The van der Waals surface area contributed by atoms with Crippen molar-refractivity contribution in [3.8, 4) is 0 Å². The van der Waals surface area contributed by atoms with Gasteiger partial charge in [-0.05, 0) is 49.1 Å².